The van der Waals surface area contributed by atoms with E-state index in [4.69, 9.17) is 9.47 Å². The summed E-state index contributed by atoms with van der Waals surface area (Å²) in [6, 6.07) is 0.283. The molecule has 7 nitrogen and oxygen atoms in total. The van der Waals surface area contributed by atoms with E-state index >= 15 is 0 Å². The largest absolute Gasteiger partial charge is 0.377 e. The molecule has 3 fully saturated rings. The van der Waals surface area contributed by atoms with E-state index in [1.807, 2.05) is 11.9 Å². The van der Waals surface area contributed by atoms with E-state index in [9.17, 15) is 4.79 Å². The average Bonchev–Trinajstić information content (AvgIpc) is 3.26. The van der Waals surface area contributed by atoms with Crippen LogP contribution in [0.4, 0.5) is 0 Å². The molecule has 7 heteroatoms. The number of rotatable bonds is 3. The summed E-state index contributed by atoms with van der Waals surface area (Å²) < 4.78 is 13.5. The first-order valence-corrected chi connectivity index (χ1v) is 8.45. The minimum Gasteiger partial charge on any atom is -0.377 e. The van der Waals surface area contributed by atoms with Gasteiger partial charge < -0.3 is 18.9 Å². The van der Waals surface area contributed by atoms with Gasteiger partial charge in [-0.25, -0.2) is 4.98 Å². The third-order valence-electron chi connectivity index (χ3n) is 5.20. The Balaban J connectivity index is 1.44. The number of aryl methyl sites for hydroxylation is 1. The van der Waals surface area contributed by atoms with Crippen molar-refractivity contribution in [1.29, 1.82) is 0 Å². The van der Waals surface area contributed by atoms with Crippen molar-refractivity contribution < 1.29 is 14.3 Å². The van der Waals surface area contributed by atoms with Crippen molar-refractivity contribution in [1.82, 2.24) is 19.4 Å². The summed E-state index contributed by atoms with van der Waals surface area (Å²) >= 11 is 0. The quantitative estimate of drug-likeness (QED) is 0.792. The first-order chi connectivity index (χ1) is 11.2. The molecule has 3 saturated heterocycles. The Labute approximate surface area is 136 Å². The summed E-state index contributed by atoms with van der Waals surface area (Å²) in [5.41, 5.74) is 0.634. The number of ether oxygens (including phenoxy) is 2. The summed E-state index contributed by atoms with van der Waals surface area (Å²) in [4.78, 5) is 21.1. The first-order valence-electron chi connectivity index (χ1n) is 8.45. The number of aromatic nitrogens is 2. The van der Waals surface area contributed by atoms with Crippen LogP contribution in [0.3, 0.4) is 0 Å². The van der Waals surface area contributed by atoms with E-state index < -0.39 is 0 Å². The maximum atomic E-state index is 12.7. The second kappa shape index (κ2) is 6.22. The van der Waals surface area contributed by atoms with Crippen molar-refractivity contribution in [3.8, 4) is 0 Å². The summed E-state index contributed by atoms with van der Waals surface area (Å²) in [6.45, 7) is 4.89. The Bertz CT molecular complexity index is 569. The van der Waals surface area contributed by atoms with Crippen LogP contribution in [-0.4, -0.2) is 82.9 Å². The van der Waals surface area contributed by atoms with Gasteiger partial charge >= 0.3 is 0 Å². The SMILES string of the molecule is Cn1cncc1C(=O)N1C[C@@H]2OCCN(C[C@H]3CCCO3)[C@@H]2C1. The predicted molar refractivity (Wildman–Crippen MR) is 83.2 cm³/mol. The van der Waals surface area contributed by atoms with Gasteiger partial charge in [0.25, 0.3) is 5.91 Å². The molecule has 0 unspecified atom stereocenters. The average molecular weight is 320 g/mol. The zero-order valence-corrected chi connectivity index (χ0v) is 13.6. The van der Waals surface area contributed by atoms with Gasteiger partial charge in [-0.3, -0.25) is 9.69 Å². The van der Waals surface area contributed by atoms with E-state index in [0.717, 1.165) is 45.7 Å². The Hall–Kier alpha value is -1.44. The number of hydrogen-bond acceptors (Lipinski definition) is 5. The molecule has 126 valence electrons. The fourth-order valence-corrected chi connectivity index (χ4v) is 3.93. The summed E-state index contributed by atoms with van der Waals surface area (Å²) in [5, 5.41) is 0. The van der Waals surface area contributed by atoms with E-state index in [1.54, 1.807) is 17.1 Å². The second-order valence-electron chi connectivity index (χ2n) is 6.71. The number of amides is 1. The van der Waals surface area contributed by atoms with Crippen LogP contribution in [0, 0.1) is 0 Å². The molecule has 3 aliphatic heterocycles. The van der Waals surface area contributed by atoms with Crippen molar-refractivity contribution in [2.45, 2.75) is 31.1 Å². The highest BCUT2D eigenvalue weighted by molar-refractivity contribution is 5.92. The number of carbonyl (C=O) groups is 1. The van der Waals surface area contributed by atoms with E-state index in [-0.39, 0.29) is 18.1 Å². The van der Waals surface area contributed by atoms with Crippen LogP contribution in [-0.2, 0) is 16.5 Å². The third kappa shape index (κ3) is 2.88. The van der Waals surface area contributed by atoms with Crippen LogP contribution in [0.2, 0.25) is 0 Å². The molecule has 0 N–H and O–H groups in total. The van der Waals surface area contributed by atoms with Crippen LogP contribution in [0.25, 0.3) is 0 Å². The lowest BCUT2D eigenvalue weighted by molar-refractivity contribution is -0.0614. The molecule has 4 rings (SSSR count). The van der Waals surface area contributed by atoms with Gasteiger partial charge in [0.2, 0.25) is 0 Å². The Morgan fingerprint density at radius 2 is 2.26 bits per heavy atom. The highest BCUT2D eigenvalue weighted by Gasteiger charge is 2.43. The van der Waals surface area contributed by atoms with Gasteiger partial charge in [0.15, 0.2) is 0 Å². The predicted octanol–water partition coefficient (Wildman–Crippen LogP) is 0.124. The number of hydrogen-bond donors (Lipinski definition) is 0. The van der Waals surface area contributed by atoms with E-state index in [0.29, 0.717) is 18.3 Å². The van der Waals surface area contributed by atoms with Gasteiger partial charge in [-0.1, -0.05) is 0 Å². The molecular weight excluding hydrogens is 296 g/mol. The van der Waals surface area contributed by atoms with Crippen LogP contribution in [0.15, 0.2) is 12.5 Å². The molecule has 23 heavy (non-hydrogen) atoms. The van der Waals surface area contributed by atoms with Gasteiger partial charge in [-0.2, -0.15) is 0 Å². The van der Waals surface area contributed by atoms with Gasteiger partial charge in [-0.05, 0) is 12.8 Å². The zero-order chi connectivity index (χ0) is 15.8. The highest BCUT2D eigenvalue weighted by atomic mass is 16.5. The number of likely N-dealkylation sites (tertiary alicyclic amines) is 1. The van der Waals surface area contributed by atoms with Crippen molar-refractivity contribution in [2.75, 3.05) is 39.4 Å². The fraction of sp³-hybridized carbons (Fsp3) is 0.750. The maximum absolute atomic E-state index is 12.7. The number of morpholine rings is 1. The van der Waals surface area contributed by atoms with Crippen molar-refractivity contribution in [3.05, 3.63) is 18.2 Å². The number of fused-ring (bicyclic) bond motifs is 1. The van der Waals surface area contributed by atoms with Crippen LogP contribution >= 0.6 is 0 Å². The molecule has 3 aliphatic rings. The molecule has 3 atom stereocenters. The minimum atomic E-state index is 0.0417. The molecule has 0 spiro atoms. The molecule has 0 radical (unpaired) electrons. The van der Waals surface area contributed by atoms with Crippen LogP contribution in [0.1, 0.15) is 23.3 Å². The molecule has 1 aromatic heterocycles. The van der Waals surface area contributed by atoms with E-state index in [2.05, 4.69) is 9.88 Å². The zero-order valence-electron chi connectivity index (χ0n) is 13.6. The Morgan fingerprint density at radius 3 is 3.00 bits per heavy atom. The molecule has 1 aromatic rings. The Morgan fingerprint density at radius 1 is 1.35 bits per heavy atom. The van der Waals surface area contributed by atoms with Gasteiger partial charge in [0, 0.05) is 39.8 Å². The van der Waals surface area contributed by atoms with Gasteiger partial charge in [-0.15, -0.1) is 0 Å². The monoisotopic (exact) mass is 320 g/mol. The molecule has 0 aliphatic carbocycles. The summed E-state index contributed by atoms with van der Waals surface area (Å²) in [7, 11) is 1.85. The lowest BCUT2D eigenvalue weighted by Crippen LogP contribution is -2.52. The first kappa shape index (κ1) is 15.1. The summed E-state index contributed by atoms with van der Waals surface area (Å²) in [6.07, 6.45) is 6.06. The number of carbonyl (C=O) groups excluding carboxylic acids is 1. The van der Waals surface area contributed by atoms with Crippen molar-refractivity contribution >= 4 is 5.91 Å². The fourth-order valence-electron chi connectivity index (χ4n) is 3.93. The second-order valence-corrected chi connectivity index (χ2v) is 6.71. The number of imidazole rings is 1. The topological polar surface area (TPSA) is 59.8 Å². The lowest BCUT2D eigenvalue weighted by Gasteiger charge is -2.37. The van der Waals surface area contributed by atoms with Crippen molar-refractivity contribution in [2.24, 2.45) is 7.05 Å². The maximum Gasteiger partial charge on any atom is 0.272 e. The molecule has 0 bridgehead atoms. The number of nitrogens with zero attached hydrogens (tertiary/aromatic N) is 4. The molecular formula is C16H24N4O3. The van der Waals surface area contributed by atoms with E-state index in [1.165, 1.54) is 0 Å². The summed E-state index contributed by atoms with van der Waals surface area (Å²) in [5.74, 6) is 0.0417. The molecule has 1 amide bonds. The van der Waals surface area contributed by atoms with Crippen molar-refractivity contribution in [3.63, 3.8) is 0 Å². The highest BCUT2D eigenvalue weighted by Crippen LogP contribution is 2.26. The molecule has 0 aromatic carbocycles. The normalized spacial score (nSPS) is 31.5. The van der Waals surface area contributed by atoms with Gasteiger partial charge in [0.1, 0.15) is 5.69 Å². The standard InChI is InChI=1S/C16H24N4O3/c1-18-11-17-7-13(18)16(21)20-9-14-15(10-20)23-6-4-19(14)8-12-3-2-5-22-12/h7,11-12,14-15H,2-6,8-10H2,1H3/t12-,14-,15+/m1/s1. The van der Waals surface area contributed by atoms with Gasteiger partial charge in [0.05, 0.1) is 37.4 Å². The lowest BCUT2D eigenvalue weighted by atomic mass is 10.1. The Kier molecular flexibility index (Phi) is 4.09. The molecule has 0 saturated carbocycles. The molecule has 4 heterocycles. The smallest absolute Gasteiger partial charge is 0.272 e. The van der Waals surface area contributed by atoms with Crippen LogP contribution in [0.5, 0.6) is 0 Å². The third-order valence-corrected chi connectivity index (χ3v) is 5.20. The van der Waals surface area contributed by atoms with Crippen LogP contribution < -0.4 is 0 Å². The minimum absolute atomic E-state index is 0.0417.